The van der Waals surface area contributed by atoms with E-state index >= 15 is 0 Å². The molecule has 13 heteroatoms. The summed E-state index contributed by atoms with van der Waals surface area (Å²) in [5.41, 5.74) is -0.436. The Morgan fingerprint density at radius 2 is 1.95 bits per heavy atom. The number of hydrogen-bond donors (Lipinski definition) is 3. The van der Waals surface area contributed by atoms with Gasteiger partial charge in [-0.1, -0.05) is 26.3 Å². The molecule has 0 unspecified atom stereocenters. The van der Waals surface area contributed by atoms with Gasteiger partial charge in [-0.3, -0.25) is 0 Å². The lowest BCUT2D eigenvalue weighted by molar-refractivity contribution is -0.138. The number of rotatable bonds is 9. The molecule has 2 aromatic rings. The topological polar surface area (TPSA) is 125 Å². The SMILES string of the molecule is C.COc1cc([C@@H](O)CO)ccc1Nc1ncc(C(F)(F)F)c(C[C@@H]2CCCC[C@H]2N(C)S(C)(=O)=O)n1. The van der Waals surface area contributed by atoms with Gasteiger partial charge in [-0.25, -0.2) is 22.7 Å². The van der Waals surface area contributed by atoms with Crippen LogP contribution in [0.4, 0.5) is 24.8 Å². The van der Waals surface area contributed by atoms with Crippen molar-refractivity contribution < 1.29 is 36.5 Å². The Morgan fingerprint density at radius 1 is 1.27 bits per heavy atom. The molecule has 0 radical (unpaired) electrons. The van der Waals surface area contributed by atoms with Gasteiger partial charge < -0.3 is 20.3 Å². The fourth-order valence-electron chi connectivity index (χ4n) is 4.51. The van der Waals surface area contributed by atoms with Gasteiger partial charge >= 0.3 is 6.18 Å². The van der Waals surface area contributed by atoms with Crippen LogP contribution >= 0.6 is 0 Å². The van der Waals surface area contributed by atoms with Gasteiger partial charge in [0.25, 0.3) is 0 Å². The fraction of sp³-hybridized carbons (Fsp3) is 0.583. The second-order valence-corrected chi connectivity index (χ2v) is 11.0. The molecular weight excluding hydrogens is 513 g/mol. The summed E-state index contributed by atoms with van der Waals surface area (Å²) in [7, 11) is -0.673. The fourth-order valence-corrected chi connectivity index (χ4v) is 5.28. The molecule has 1 aliphatic rings. The van der Waals surface area contributed by atoms with Crippen LogP contribution in [-0.2, 0) is 22.6 Å². The number of sulfonamides is 1. The molecule has 1 fully saturated rings. The van der Waals surface area contributed by atoms with Crippen LogP contribution in [0.3, 0.4) is 0 Å². The Morgan fingerprint density at radius 3 is 2.54 bits per heavy atom. The van der Waals surface area contributed by atoms with Crippen LogP contribution < -0.4 is 10.1 Å². The largest absolute Gasteiger partial charge is 0.495 e. The van der Waals surface area contributed by atoms with Crippen LogP contribution in [0.5, 0.6) is 5.75 Å². The Labute approximate surface area is 215 Å². The second kappa shape index (κ2) is 12.4. The molecule has 1 saturated carbocycles. The maximum Gasteiger partial charge on any atom is 0.419 e. The van der Waals surface area contributed by atoms with Crippen molar-refractivity contribution in [2.24, 2.45) is 5.92 Å². The normalized spacial score (nSPS) is 19.3. The Balaban J connectivity index is 0.00000481. The number of aromatic nitrogens is 2. The Hall–Kier alpha value is -2.48. The molecule has 1 aromatic heterocycles. The lowest BCUT2D eigenvalue weighted by Crippen LogP contribution is -2.44. The summed E-state index contributed by atoms with van der Waals surface area (Å²) < 4.78 is 72.2. The predicted molar refractivity (Wildman–Crippen MR) is 134 cm³/mol. The highest BCUT2D eigenvalue weighted by Gasteiger charge is 2.38. The van der Waals surface area contributed by atoms with Crippen LogP contribution in [0.25, 0.3) is 0 Å². The lowest BCUT2D eigenvalue weighted by Gasteiger charge is -2.37. The number of ether oxygens (including phenoxy) is 1. The maximum atomic E-state index is 13.8. The molecule has 1 aliphatic carbocycles. The summed E-state index contributed by atoms with van der Waals surface area (Å²) >= 11 is 0. The molecule has 9 nitrogen and oxygen atoms in total. The smallest absolute Gasteiger partial charge is 0.419 e. The molecule has 0 aliphatic heterocycles. The van der Waals surface area contributed by atoms with Gasteiger partial charge in [0.1, 0.15) is 11.9 Å². The third-order valence-electron chi connectivity index (χ3n) is 6.52. The van der Waals surface area contributed by atoms with Gasteiger partial charge in [0.15, 0.2) is 0 Å². The number of aliphatic hydroxyl groups excluding tert-OH is 2. The minimum Gasteiger partial charge on any atom is -0.495 e. The van der Waals surface area contributed by atoms with Crippen molar-refractivity contribution in [2.75, 3.05) is 32.3 Å². The molecule has 3 N–H and O–H groups in total. The van der Waals surface area contributed by atoms with E-state index in [1.54, 1.807) is 0 Å². The van der Waals surface area contributed by atoms with Gasteiger partial charge in [0.2, 0.25) is 16.0 Å². The molecular formula is C24H35F3N4O5S. The minimum atomic E-state index is -4.68. The average Bonchev–Trinajstić information content (AvgIpc) is 2.82. The van der Waals surface area contributed by atoms with Crippen molar-refractivity contribution in [1.82, 2.24) is 14.3 Å². The molecule has 1 heterocycles. The standard InChI is InChI=1S/C23H31F3N4O5S.CH4/c1-30(36(3,33)34)19-7-5-4-6-14(19)10-18-16(23(24,25)26)12-27-22(29-18)28-17-9-8-15(20(32)13-31)11-21(17)35-2;/h8-9,11-12,14,19-20,31-32H,4-7,10,13H2,1-3H3,(H,27,28,29);1H4/t14-,19+,20-;/m0./s1. The first-order valence-electron chi connectivity index (χ1n) is 11.4. The van der Waals surface area contributed by atoms with Gasteiger partial charge in [-0.2, -0.15) is 13.2 Å². The first-order chi connectivity index (χ1) is 16.8. The number of methoxy groups -OCH3 is 1. The highest BCUT2D eigenvalue weighted by molar-refractivity contribution is 7.88. The summed E-state index contributed by atoms with van der Waals surface area (Å²) in [6.45, 7) is -0.488. The number of anilines is 2. The van der Waals surface area contributed by atoms with E-state index in [0.717, 1.165) is 25.3 Å². The first kappa shape index (κ1) is 30.7. The first-order valence-corrected chi connectivity index (χ1v) is 13.3. The molecule has 3 atom stereocenters. The van der Waals surface area contributed by atoms with Crippen LogP contribution in [-0.4, -0.2) is 66.0 Å². The van der Waals surface area contributed by atoms with Crippen molar-refractivity contribution in [2.45, 2.75) is 57.9 Å². The second-order valence-electron chi connectivity index (χ2n) is 8.93. The molecule has 208 valence electrons. The number of nitrogens with zero attached hydrogens (tertiary/aromatic N) is 3. The van der Waals surface area contributed by atoms with Crippen molar-refractivity contribution in [3.63, 3.8) is 0 Å². The molecule has 0 bridgehead atoms. The van der Waals surface area contributed by atoms with E-state index in [4.69, 9.17) is 9.84 Å². The van der Waals surface area contributed by atoms with E-state index < -0.39 is 40.5 Å². The number of halogens is 3. The Bertz CT molecular complexity index is 1160. The third kappa shape index (κ3) is 7.53. The van der Waals surface area contributed by atoms with Crippen LogP contribution in [0.1, 0.15) is 56.0 Å². The zero-order valence-electron chi connectivity index (χ0n) is 20.3. The summed E-state index contributed by atoms with van der Waals surface area (Å²) in [4.78, 5) is 8.02. The van der Waals surface area contributed by atoms with E-state index in [9.17, 15) is 26.7 Å². The molecule has 0 saturated heterocycles. The monoisotopic (exact) mass is 548 g/mol. The van der Waals surface area contributed by atoms with Gasteiger partial charge in [-0.15, -0.1) is 0 Å². The number of hydrogen-bond acceptors (Lipinski definition) is 8. The number of benzene rings is 1. The minimum absolute atomic E-state index is 0. The molecule has 0 amide bonds. The molecule has 0 spiro atoms. The summed E-state index contributed by atoms with van der Waals surface area (Å²) in [6.07, 6.45) is -1.31. The number of aliphatic hydroxyl groups is 2. The highest BCUT2D eigenvalue weighted by Crippen LogP contribution is 2.37. The Kier molecular flexibility index (Phi) is 10.3. The van der Waals surface area contributed by atoms with E-state index in [1.807, 2.05) is 0 Å². The average molecular weight is 549 g/mol. The molecule has 37 heavy (non-hydrogen) atoms. The van der Waals surface area contributed by atoms with Crippen LogP contribution in [0.15, 0.2) is 24.4 Å². The van der Waals surface area contributed by atoms with Crippen molar-refractivity contribution in [3.05, 3.63) is 41.2 Å². The van der Waals surface area contributed by atoms with E-state index in [2.05, 4.69) is 15.3 Å². The van der Waals surface area contributed by atoms with E-state index in [1.165, 1.54) is 36.7 Å². The van der Waals surface area contributed by atoms with Gasteiger partial charge in [0, 0.05) is 19.3 Å². The predicted octanol–water partition coefficient (Wildman–Crippen LogP) is 3.90. The highest BCUT2D eigenvalue weighted by atomic mass is 32.2. The zero-order valence-corrected chi connectivity index (χ0v) is 21.1. The quantitative estimate of drug-likeness (QED) is 0.431. The summed E-state index contributed by atoms with van der Waals surface area (Å²) in [5, 5.41) is 21.9. The van der Waals surface area contributed by atoms with Crippen molar-refractivity contribution >= 4 is 21.7 Å². The molecule has 3 rings (SSSR count). The number of alkyl halides is 3. The lowest BCUT2D eigenvalue weighted by atomic mass is 9.81. The summed E-state index contributed by atoms with van der Waals surface area (Å²) in [5.74, 6) is -0.154. The van der Waals surface area contributed by atoms with Gasteiger partial charge in [-0.05, 0) is 42.9 Å². The maximum absolute atomic E-state index is 13.8. The van der Waals surface area contributed by atoms with Gasteiger partial charge in [0.05, 0.1) is 36.9 Å². The van der Waals surface area contributed by atoms with Crippen LogP contribution in [0, 0.1) is 5.92 Å². The number of nitrogens with one attached hydrogen (secondary N) is 1. The van der Waals surface area contributed by atoms with E-state index in [-0.39, 0.29) is 37.2 Å². The van der Waals surface area contributed by atoms with E-state index in [0.29, 0.717) is 24.1 Å². The van der Waals surface area contributed by atoms with Crippen molar-refractivity contribution in [3.8, 4) is 5.75 Å². The molecule has 1 aromatic carbocycles. The zero-order chi connectivity index (χ0) is 26.7. The summed E-state index contributed by atoms with van der Waals surface area (Å²) in [6, 6.07) is 4.13. The van der Waals surface area contributed by atoms with Crippen LogP contribution in [0.2, 0.25) is 0 Å². The third-order valence-corrected chi connectivity index (χ3v) is 7.83. The van der Waals surface area contributed by atoms with Crippen molar-refractivity contribution in [1.29, 1.82) is 0 Å².